The van der Waals surface area contributed by atoms with Crippen LogP contribution in [0.2, 0.25) is 0 Å². The zero-order valence-corrected chi connectivity index (χ0v) is 11.2. The zero-order valence-electron chi connectivity index (χ0n) is 10.4. The molecule has 5 heteroatoms. The molecule has 2 rings (SSSR count). The van der Waals surface area contributed by atoms with Crippen molar-refractivity contribution in [3.63, 3.8) is 0 Å². The van der Waals surface area contributed by atoms with Crippen LogP contribution in [0.5, 0.6) is 5.75 Å². The average Bonchev–Trinajstić information content (AvgIpc) is 2.45. The number of pyridine rings is 1. The van der Waals surface area contributed by atoms with Gasteiger partial charge in [-0.2, -0.15) is 0 Å². The summed E-state index contributed by atoms with van der Waals surface area (Å²) in [6.07, 6.45) is 1.49. The fourth-order valence-electron chi connectivity index (χ4n) is 1.64. The van der Waals surface area contributed by atoms with Crippen LogP contribution in [0.4, 0.5) is 0 Å². The average molecular weight is 275 g/mol. The molecule has 4 nitrogen and oxygen atoms in total. The van der Waals surface area contributed by atoms with Crippen LogP contribution in [0, 0.1) is 0 Å². The van der Waals surface area contributed by atoms with Gasteiger partial charge in [-0.25, -0.2) is 9.78 Å². The van der Waals surface area contributed by atoms with E-state index in [1.165, 1.54) is 18.0 Å². The van der Waals surface area contributed by atoms with Gasteiger partial charge in [0.25, 0.3) is 0 Å². The van der Waals surface area contributed by atoms with Crippen molar-refractivity contribution in [1.82, 2.24) is 4.98 Å². The second kappa shape index (κ2) is 6.24. The van der Waals surface area contributed by atoms with Gasteiger partial charge in [-0.1, -0.05) is 18.2 Å². The number of aromatic carboxylic acids is 1. The molecule has 0 saturated carbocycles. The van der Waals surface area contributed by atoms with Crippen LogP contribution >= 0.6 is 11.8 Å². The normalized spacial score (nSPS) is 10.2. The molecule has 98 valence electrons. The molecule has 0 atom stereocenters. The van der Waals surface area contributed by atoms with Crippen LogP contribution in [0.3, 0.4) is 0 Å². The largest absolute Gasteiger partial charge is 0.496 e. The number of hydrogen-bond donors (Lipinski definition) is 1. The number of para-hydroxylation sites is 1. The Morgan fingerprint density at radius 1 is 1.32 bits per heavy atom. The summed E-state index contributed by atoms with van der Waals surface area (Å²) in [5, 5.41) is 9.07. The number of benzene rings is 1. The molecule has 2 aromatic rings. The first-order chi connectivity index (χ1) is 9.22. The highest BCUT2D eigenvalue weighted by Gasteiger charge is 2.11. The molecule has 1 N–H and O–H groups in total. The Hall–Kier alpha value is -2.01. The van der Waals surface area contributed by atoms with Crippen molar-refractivity contribution in [2.45, 2.75) is 10.6 Å². The minimum absolute atomic E-state index is 0.102. The number of thioether (sulfide) groups is 1. The molecule has 0 aliphatic carbocycles. The van der Waals surface area contributed by atoms with Crippen molar-refractivity contribution in [1.29, 1.82) is 0 Å². The Morgan fingerprint density at radius 3 is 2.84 bits per heavy atom. The smallest absolute Gasteiger partial charge is 0.354 e. The molecule has 0 aliphatic heterocycles. The Balaban J connectivity index is 2.17. The Bertz CT molecular complexity index is 586. The van der Waals surface area contributed by atoms with Gasteiger partial charge >= 0.3 is 5.97 Å². The molecule has 1 aromatic carbocycles. The van der Waals surface area contributed by atoms with Crippen molar-refractivity contribution >= 4 is 17.7 Å². The standard InChI is InChI=1S/C14H13NO3S/c1-18-11-6-2-3-7-12(11)19-9-10-5-4-8-15-13(10)14(16)17/h2-8H,9H2,1H3,(H,16,17). The fraction of sp³-hybridized carbons (Fsp3) is 0.143. The van der Waals surface area contributed by atoms with E-state index in [0.717, 1.165) is 10.6 Å². The van der Waals surface area contributed by atoms with Gasteiger partial charge < -0.3 is 9.84 Å². The predicted octanol–water partition coefficient (Wildman–Crippen LogP) is 3.08. The van der Waals surface area contributed by atoms with Crippen molar-refractivity contribution in [3.8, 4) is 5.75 Å². The van der Waals surface area contributed by atoms with Crippen LogP contribution in [-0.2, 0) is 5.75 Å². The Kier molecular flexibility index (Phi) is 4.41. The minimum atomic E-state index is -1.00. The van der Waals surface area contributed by atoms with Crippen LogP contribution in [0.15, 0.2) is 47.5 Å². The van der Waals surface area contributed by atoms with E-state index in [1.54, 1.807) is 19.2 Å². The highest BCUT2D eigenvalue weighted by atomic mass is 32.2. The summed E-state index contributed by atoms with van der Waals surface area (Å²) in [7, 11) is 1.62. The molecule has 0 radical (unpaired) electrons. The lowest BCUT2D eigenvalue weighted by Crippen LogP contribution is -2.04. The van der Waals surface area contributed by atoms with E-state index in [0.29, 0.717) is 11.3 Å². The van der Waals surface area contributed by atoms with Crippen molar-refractivity contribution in [2.24, 2.45) is 0 Å². The maximum Gasteiger partial charge on any atom is 0.354 e. The van der Waals surface area contributed by atoms with Crippen molar-refractivity contribution in [2.75, 3.05) is 7.11 Å². The van der Waals surface area contributed by atoms with Gasteiger partial charge in [0.1, 0.15) is 5.75 Å². The first kappa shape index (κ1) is 13.4. The van der Waals surface area contributed by atoms with Crippen LogP contribution in [0.25, 0.3) is 0 Å². The van der Waals surface area contributed by atoms with Crippen LogP contribution in [-0.4, -0.2) is 23.2 Å². The van der Waals surface area contributed by atoms with E-state index in [9.17, 15) is 4.79 Å². The van der Waals surface area contributed by atoms with Gasteiger partial charge in [0.2, 0.25) is 0 Å². The van der Waals surface area contributed by atoms with Gasteiger partial charge in [-0.3, -0.25) is 0 Å². The fourth-order valence-corrected chi connectivity index (χ4v) is 2.65. The number of carbonyl (C=O) groups is 1. The molecule has 0 fully saturated rings. The lowest BCUT2D eigenvalue weighted by Gasteiger charge is -2.08. The molecule has 0 saturated heterocycles. The molecular formula is C14H13NO3S. The monoisotopic (exact) mass is 275 g/mol. The lowest BCUT2D eigenvalue weighted by atomic mass is 10.2. The molecule has 0 aliphatic rings. The molecule has 0 amide bonds. The molecule has 0 bridgehead atoms. The SMILES string of the molecule is COc1ccccc1SCc1cccnc1C(=O)O. The van der Waals surface area contributed by atoms with E-state index in [1.807, 2.05) is 24.3 Å². The maximum absolute atomic E-state index is 11.1. The van der Waals surface area contributed by atoms with E-state index >= 15 is 0 Å². The van der Waals surface area contributed by atoms with Gasteiger partial charge in [-0.15, -0.1) is 11.8 Å². The summed E-state index contributed by atoms with van der Waals surface area (Å²) in [4.78, 5) is 15.9. The minimum Gasteiger partial charge on any atom is -0.496 e. The number of carboxylic acids is 1. The first-order valence-corrected chi connectivity index (χ1v) is 6.64. The number of methoxy groups -OCH3 is 1. The predicted molar refractivity (Wildman–Crippen MR) is 73.8 cm³/mol. The van der Waals surface area contributed by atoms with Crippen molar-refractivity contribution in [3.05, 3.63) is 53.9 Å². The highest BCUT2D eigenvalue weighted by Crippen LogP contribution is 2.31. The van der Waals surface area contributed by atoms with E-state index < -0.39 is 5.97 Å². The highest BCUT2D eigenvalue weighted by molar-refractivity contribution is 7.98. The third kappa shape index (κ3) is 3.26. The summed E-state index contributed by atoms with van der Waals surface area (Å²) in [6, 6.07) is 11.2. The summed E-state index contributed by atoms with van der Waals surface area (Å²) in [6.45, 7) is 0. The van der Waals surface area contributed by atoms with E-state index in [-0.39, 0.29) is 5.69 Å². The second-order valence-corrected chi connectivity index (χ2v) is 4.77. The quantitative estimate of drug-likeness (QED) is 0.850. The third-order valence-electron chi connectivity index (χ3n) is 2.55. The first-order valence-electron chi connectivity index (χ1n) is 5.65. The Morgan fingerprint density at radius 2 is 2.11 bits per heavy atom. The molecular weight excluding hydrogens is 262 g/mol. The van der Waals surface area contributed by atoms with Gasteiger partial charge in [0.05, 0.1) is 7.11 Å². The number of carboxylic acid groups (broad SMARTS) is 1. The second-order valence-electron chi connectivity index (χ2n) is 3.76. The maximum atomic E-state index is 11.1. The zero-order chi connectivity index (χ0) is 13.7. The van der Waals surface area contributed by atoms with Crippen LogP contribution in [0.1, 0.15) is 16.1 Å². The number of hydrogen-bond acceptors (Lipinski definition) is 4. The van der Waals surface area contributed by atoms with E-state index in [2.05, 4.69) is 4.98 Å². The van der Waals surface area contributed by atoms with Crippen molar-refractivity contribution < 1.29 is 14.6 Å². The van der Waals surface area contributed by atoms with Gasteiger partial charge in [0, 0.05) is 16.8 Å². The number of aromatic nitrogens is 1. The summed E-state index contributed by atoms with van der Waals surface area (Å²) < 4.78 is 5.26. The number of nitrogens with zero attached hydrogens (tertiary/aromatic N) is 1. The third-order valence-corrected chi connectivity index (χ3v) is 3.65. The molecule has 1 heterocycles. The molecule has 19 heavy (non-hydrogen) atoms. The van der Waals surface area contributed by atoms with Crippen LogP contribution < -0.4 is 4.74 Å². The lowest BCUT2D eigenvalue weighted by molar-refractivity contribution is 0.0689. The summed E-state index contributed by atoms with van der Waals surface area (Å²) >= 11 is 1.53. The Labute approximate surface area is 115 Å². The molecule has 1 aromatic heterocycles. The summed E-state index contributed by atoms with van der Waals surface area (Å²) in [5.74, 6) is 0.319. The van der Waals surface area contributed by atoms with Gasteiger partial charge in [-0.05, 0) is 23.8 Å². The van der Waals surface area contributed by atoms with E-state index in [4.69, 9.17) is 9.84 Å². The topological polar surface area (TPSA) is 59.4 Å². The molecule has 0 spiro atoms. The number of ether oxygens (including phenoxy) is 1. The van der Waals surface area contributed by atoms with Gasteiger partial charge in [0.15, 0.2) is 5.69 Å². The molecule has 0 unspecified atom stereocenters. The number of rotatable bonds is 5. The summed E-state index contributed by atoms with van der Waals surface area (Å²) in [5.41, 5.74) is 0.802.